The van der Waals surface area contributed by atoms with Gasteiger partial charge in [0.15, 0.2) is 0 Å². The van der Waals surface area contributed by atoms with Gasteiger partial charge in [0.05, 0.1) is 11.3 Å². The number of rotatable bonds is 4. The minimum atomic E-state index is -1.19. The van der Waals surface area contributed by atoms with Gasteiger partial charge < -0.3 is 21.3 Å². The molecular weight excluding hydrogens is 224 g/mol. The van der Waals surface area contributed by atoms with Gasteiger partial charge in [0.25, 0.3) is 0 Å². The van der Waals surface area contributed by atoms with Crippen molar-refractivity contribution in [2.75, 3.05) is 11.5 Å². The lowest BCUT2D eigenvalue weighted by Gasteiger charge is -2.10. The summed E-state index contributed by atoms with van der Waals surface area (Å²) in [7, 11) is 0. The van der Waals surface area contributed by atoms with Crippen LogP contribution in [-0.2, 0) is 16.1 Å². The molecule has 6 nitrogen and oxygen atoms in total. The van der Waals surface area contributed by atoms with Gasteiger partial charge in [0.2, 0.25) is 0 Å². The molecule has 0 aliphatic heterocycles. The summed E-state index contributed by atoms with van der Waals surface area (Å²) >= 11 is 0. The number of hydrogen-bond donors (Lipinski definition) is 3. The quantitative estimate of drug-likeness (QED) is 0.404. The molecule has 5 N–H and O–H groups in total. The summed E-state index contributed by atoms with van der Waals surface area (Å²) in [6.45, 7) is 3.08. The Morgan fingerprint density at radius 2 is 2.06 bits per heavy atom. The van der Waals surface area contributed by atoms with Gasteiger partial charge in [-0.15, -0.1) is 0 Å². The standard InChI is InChI=1S/C11H12N2O4/c1-2-9(14)17-5-6-3-7(12)4-8(10(6)13)11(15)16/h2-4H,1,5,12-13H2,(H,15,16). The Hall–Kier alpha value is -2.50. The molecule has 0 fully saturated rings. The average Bonchev–Trinajstić information content (AvgIpc) is 2.28. The van der Waals surface area contributed by atoms with Crippen LogP contribution in [0, 0.1) is 0 Å². The summed E-state index contributed by atoms with van der Waals surface area (Å²) < 4.78 is 4.76. The number of esters is 1. The van der Waals surface area contributed by atoms with Crippen LogP contribution in [-0.4, -0.2) is 17.0 Å². The van der Waals surface area contributed by atoms with Crippen LogP contribution < -0.4 is 11.5 Å². The summed E-state index contributed by atoms with van der Waals surface area (Å²) in [5.74, 6) is -1.81. The van der Waals surface area contributed by atoms with Crippen molar-refractivity contribution >= 4 is 23.3 Å². The molecule has 1 aromatic rings. The number of anilines is 2. The van der Waals surface area contributed by atoms with Crippen LogP contribution in [0.2, 0.25) is 0 Å². The number of carboxylic acid groups (broad SMARTS) is 1. The lowest BCUT2D eigenvalue weighted by atomic mass is 10.1. The summed E-state index contributed by atoms with van der Waals surface area (Å²) in [6.07, 6.45) is 1.00. The maximum absolute atomic E-state index is 10.9. The molecule has 90 valence electrons. The second kappa shape index (κ2) is 5.02. The van der Waals surface area contributed by atoms with E-state index < -0.39 is 11.9 Å². The Morgan fingerprint density at radius 3 is 2.59 bits per heavy atom. The van der Waals surface area contributed by atoms with E-state index in [-0.39, 0.29) is 23.5 Å². The van der Waals surface area contributed by atoms with Gasteiger partial charge >= 0.3 is 11.9 Å². The van der Waals surface area contributed by atoms with Crippen molar-refractivity contribution in [3.63, 3.8) is 0 Å². The van der Waals surface area contributed by atoms with Gasteiger partial charge in [-0.1, -0.05) is 6.58 Å². The van der Waals surface area contributed by atoms with Gasteiger partial charge in [0, 0.05) is 17.3 Å². The van der Waals surface area contributed by atoms with Crippen molar-refractivity contribution in [3.05, 3.63) is 35.9 Å². The highest BCUT2D eigenvalue weighted by Gasteiger charge is 2.13. The Labute approximate surface area is 97.5 Å². The Kier molecular flexibility index (Phi) is 3.71. The third-order valence-electron chi connectivity index (χ3n) is 2.06. The molecule has 0 spiro atoms. The van der Waals surface area contributed by atoms with Gasteiger partial charge in [0.1, 0.15) is 6.61 Å². The highest BCUT2D eigenvalue weighted by molar-refractivity contribution is 5.95. The number of carboxylic acids is 1. The number of ether oxygens (including phenoxy) is 1. The third-order valence-corrected chi connectivity index (χ3v) is 2.06. The molecule has 1 rings (SSSR count). The average molecular weight is 236 g/mol. The summed E-state index contributed by atoms with van der Waals surface area (Å²) in [6, 6.07) is 2.70. The second-order valence-electron chi connectivity index (χ2n) is 3.26. The summed E-state index contributed by atoms with van der Waals surface area (Å²) in [5.41, 5.74) is 11.7. The zero-order valence-electron chi connectivity index (χ0n) is 8.97. The van der Waals surface area contributed by atoms with Gasteiger partial charge in [-0.2, -0.15) is 0 Å². The molecule has 0 bridgehead atoms. The number of nitrogen functional groups attached to an aromatic ring is 2. The fraction of sp³-hybridized carbons (Fsp3) is 0.0909. The predicted octanol–water partition coefficient (Wildman–Crippen LogP) is 0.778. The van der Waals surface area contributed by atoms with Crippen LogP contribution in [0.15, 0.2) is 24.8 Å². The van der Waals surface area contributed by atoms with Crippen LogP contribution in [0.4, 0.5) is 11.4 Å². The molecular formula is C11H12N2O4. The number of hydrogen-bond acceptors (Lipinski definition) is 5. The molecule has 0 aliphatic carbocycles. The van der Waals surface area contributed by atoms with E-state index >= 15 is 0 Å². The molecule has 0 atom stereocenters. The number of carbonyl (C=O) groups excluding carboxylic acids is 1. The molecule has 6 heteroatoms. The van der Waals surface area contributed by atoms with Crippen molar-refractivity contribution in [1.29, 1.82) is 0 Å². The third kappa shape index (κ3) is 2.97. The first-order valence-corrected chi connectivity index (χ1v) is 4.66. The normalized spacial score (nSPS) is 9.65. The lowest BCUT2D eigenvalue weighted by Crippen LogP contribution is -2.09. The lowest BCUT2D eigenvalue weighted by molar-refractivity contribution is -0.138. The van der Waals surface area contributed by atoms with Crippen LogP contribution in [0.1, 0.15) is 15.9 Å². The maximum atomic E-state index is 10.9. The Bertz CT molecular complexity index is 483. The molecule has 0 amide bonds. The highest BCUT2D eigenvalue weighted by Crippen LogP contribution is 2.22. The van der Waals surface area contributed by atoms with Crippen molar-refractivity contribution < 1.29 is 19.4 Å². The van der Waals surface area contributed by atoms with Crippen LogP contribution in [0.3, 0.4) is 0 Å². The van der Waals surface area contributed by atoms with Gasteiger partial charge in [-0.25, -0.2) is 9.59 Å². The van der Waals surface area contributed by atoms with E-state index in [1.807, 2.05) is 0 Å². The van der Waals surface area contributed by atoms with E-state index in [0.717, 1.165) is 6.08 Å². The Balaban J connectivity index is 3.03. The second-order valence-corrected chi connectivity index (χ2v) is 3.26. The fourth-order valence-electron chi connectivity index (χ4n) is 1.24. The number of carbonyl (C=O) groups is 2. The first-order chi connectivity index (χ1) is 7.95. The van der Waals surface area contributed by atoms with Crippen LogP contribution >= 0.6 is 0 Å². The molecule has 0 radical (unpaired) electrons. The molecule has 0 saturated carbocycles. The van der Waals surface area contributed by atoms with E-state index in [1.54, 1.807) is 0 Å². The maximum Gasteiger partial charge on any atom is 0.337 e. The summed E-state index contributed by atoms with van der Waals surface area (Å²) in [4.78, 5) is 21.7. The van der Waals surface area contributed by atoms with Crippen molar-refractivity contribution in [3.8, 4) is 0 Å². The monoisotopic (exact) mass is 236 g/mol. The van der Waals surface area contributed by atoms with Crippen molar-refractivity contribution in [2.45, 2.75) is 6.61 Å². The first-order valence-electron chi connectivity index (χ1n) is 4.66. The Morgan fingerprint density at radius 1 is 1.41 bits per heavy atom. The first kappa shape index (κ1) is 12.6. The molecule has 1 aromatic carbocycles. The highest BCUT2D eigenvalue weighted by atomic mass is 16.5. The minimum absolute atomic E-state index is 0.0311. The van der Waals surface area contributed by atoms with Crippen molar-refractivity contribution in [2.24, 2.45) is 0 Å². The van der Waals surface area contributed by atoms with E-state index in [4.69, 9.17) is 21.3 Å². The molecule has 0 heterocycles. The zero-order valence-corrected chi connectivity index (χ0v) is 8.97. The van der Waals surface area contributed by atoms with Gasteiger partial charge in [-0.3, -0.25) is 0 Å². The molecule has 0 aromatic heterocycles. The van der Waals surface area contributed by atoms with Crippen LogP contribution in [0.25, 0.3) is 0 Å². The van der Waals surface area contributed by atoms with E-state index in [1.165, 1.54) is 12.1 Å². The van der Waals surface area contributed by atoms with Crippen LogP contribution in [0.5, 0.6) is 0 Å². The van der Waals surface area contributed by atoms with E-state index in [2.05, 4.69) is 6.58 Å². The molecule has 0 unspecified atom stereocenters. The van der Waals surface area contributed by atoms with Gasteiger partial charge in [-0.05, 0) is 12.1 Å². The van der Waals surface area contributed by atoms with Crippen molar-refractivity contribution in [1.82, 2.24) is 0 Å². The van der Waals surface area contributed by atoms with E-state index in [0.29, 0.717) is 5.56 Å². The molecule has 0 saturated heterocycles. The molecule has 17 heavy (non-hydrogen) atoms. The molecule has 0 aliphatic rings. The minimum Gasteiger partial charge on any atom is -0.478 e. The topological polar surface area (TPSA) is 116 Å². The number of benzene rings is 1. The smallest absolute Gasteiger partial charge is 0.337 e. The SMILES string of the molecule is C=CC(=O)OCc1cc(N)cc(C(=O)O)c1N. The number of aromatic carboxylic acids is 1. The zero-order chi connectivity index (χ0) is 13.0. The number of nitrogens with two attached hydrogens (primary N) is 2. The largest absolute Gasteiger partial charge is 0.478 e. The summed E-state index contributed by atoms with van der Waals surface area (Å²) in [5, 5.41) is 8.88. The predicted molar refractivity (Wildman–Crippen MR) is 62.2 cm³/mol. The fourth-order valence-corrected chi connectivity index (χ4v) is 1.24. The van der Waals surface area contributed by atoms with E-state index in [9.17, 15) is 9.59 Å².